The summed E-state index contributed by atoms with van der Waals surface area (Å²) < 4.78 is 12.9. The van der Waals surface area contributed by atoms with E-state index in [4.69, 9.17) is 5.26 Å². The van der Waals surface area contributed by atoms with Crippen molar-refractivity contribution in [2.75, 3.05) is 11.9 Å². The fourth-order valence-corrected chi connectivity index (χ4v) is 1.80. The smallest absolute Gasteiger partial charge is 0.163 e. The Labute approximate surface area is 117 Å². The molecule has 1 aromatic carbocycles. The molecule has 0 bridgehead atoms. The number of aromatic nitrogens is 2. The minimum Gasteiger partial charge on any atom is -0.368 e. The molecule has 5 heteroatoms. The second-order valence-electron chi connectivity index (χ2n) is 5.16. The van der Waals surface area contributed by atoms with Crippen LogP contribution in [0, 0.1) is 17.1 Å². The third-order valence-electron chi connectivity index (χ3n) is 3.12. The molecule has 0 atom stereocenters. The van der Waals surface area contributed by atoms with Gasteiger partial charge in [0.1, 0.15) is 17.7 Å². The molecule has 0 radical (unpaired) electrons. The van der Waals surface area contributed by atoms with Crippen molar-refractivity contribution in [2.24, 2.45) is 0 Å². The summed E-state index contributed by atoms with van der Waals surface area (Å²) in [5.41, 5.74) is 1.14. The number of nitrogens with zero attached hydrogens (tertiary/aromatic N) is 3. The zero-order valence-corrected chi connectivity index (χ0v) is 11.4. The second kappa shape index (κ2) is 5.66. The van der Waals surface area contributed by atoms with E-state index in [-0.39, 0.29) is 16.9 Å². The molecule has 1 heterocycles. The first kappa shape index (κ1) is 13.9. The minimum absolute atomic E-state index is 0.177. The topological polar surface area (TPSA) is 61.6 Å². The molecular weight excluding hydrogens is 255 g/mol. The predicted molar refractivity (Wildman–Crippen MR) is 74.7 cm³/mol. The number of benzene rings is 1. The molecule has 1 N–H and O–H groups in total. The average Bonchev–Trinajstić information content (AvgIpc) is 2.46. The molecule has 0 saturated heterocycles. The lowest BCUT2D eigenvalue weighted by molar-refractivity contribution is 0.552. The SMILES string of the molecule is CC(C)(CNc1ccc(C#N)nn1)c1ccc(F)cc1. The molecule has 0 aliphatic rings. The molecule has 2 aromatic rings. The predicted octanol–water partition coefficient (Wildman–Crippen LogP) is 2.88. The number of nitriles is 1. The van der Waals surface area contributed by atoms with Crippen LogP contribution < -0.4 is 5.32 Å². The maximum Gasteiger partial charge on any atom is 0.163 e. The summed E-state index contributed by atoms with van der Waals surface area (Å²) in [5, 5.41) is 19.5. The molecule has 0 saturated carbocycles. The van der Waals surface area contributed by atoms with Crippen LogP contribution in [0.5, 0.6) is 0 Å². The third-order valence-corrected chi connectivity index (χ3v) is 3.12. The van der Waals surface area contributed by atoms with E-state index in [9.17, 15) is 4.39 Å². The Morgan fingerprint density at radius 2 is 1.85 bits per heavy atom. The van der Waals surface area contributed by atoms with Crippen LogP contribution in [0.15, 0.2) is 36.4 Å². The van der Waals surface area contributed by atoms with Gasteiger partial charge >= 0.3 is 0 Å². The molecule has 0 unspecified atom stereocenters. The van der Waals surface area contributed by atoms with Gasteiger partial charge in [-0.25, -0.2) is 4.39 Å². The van der Waals surface area contributed by atoms with Gasteiger partial charge in [0.2, 0.25) is 0 Å². The fourth-order valence-electron chi connectivity index (χ4n) is 1.80. The van der Waals surface area contributed by atoms with Gasteiger partial charge in [-0.15, -0.1) is 10.2 Å². The number of hydrogen-bond acceptors (Lipinski definition) is 4. The summed E-state index contributed by atoms with van der Waals surface area (Å²) in [5.74, 6) is 0.370. The summed E-state index contributed by atoms with van der Waals surface area (Å²) in [7, 11) is 0. The standard InChI is InChI=1S/C15H15FN4/c1-15(2,11-3-5-12(16)6-4-11)10-18-14-8-7-13(9-17)19-20-14/h3-8H,10H2,1-2H3,(H,18,20). The molecule has 20 heavy (non-hydrogen) atoms. The third kappa shape index (κ3) is 3.29. The monoisotopic (exact) mass is 270 g/mol. The average molecular weight is 270 g/mol. The van der Waals surface area contributed by atoms with E-state index in [0.29, 0.717) is 12.4 Å². The minimum atomic E-state index is -0.240. The van der Waals surface area contributed by atoms with Gasteiger partial charge in [0.25, 0.3) is 0 Å². The van der Waals surface area contributed by atoms with Gasteiger partial charge in [-0.1, -0.05) is 26.0 Å². The summed E-state index contributed by atoms with van der Waals surface area (Å²) >= 11 is 0. The van der Waals surface area contributed by atoms with Crippen LogP contribution in [-0.2, 0) is 5.41 Å². The highest BCUT2D eigenvalue weighted by Crippen LogP contribution is 2.23. The zero-order chi connectivity index (χ0) is 14.6. The molecular formula is C15H15FN4. The number of nitrogens with one attached hydrogen (secondary N) is 1. The Hall–Kier alpha value is -2.48. The highest BCUT2D eigenvalue weighted by molar-refractivity contribution is 5.37. The lowest BCUT2D eigenvalue weighted by Crippen LogP contribution is -2.28. The van der Waals surface area contributed by atoms with Crippen molar-refractivity contribution in [1.29, 1.82) is 5.26 Å². The highest BCUT2D eigenvalue weighted by atomic mass is 19.1. The molecule has 4 nitrogen and oxygen atoms in total. The Bertz CT molecular complexity index is 612. The first-order chi connectivity index (χ1) is 9.51. The highest BCUT2D eigenvalue weighted by Gasteiger charge is 2.20. The summed E-state index contributed by atoms with van der Waals surface area (Å²) in [6.07, 6.45) is 0. The van der Waals surface area contributed by atoms with Crippen LogP contribution >= 0.6 is 0 Å². The summed E-state index contributed by atoms with van der Waals surface area (Å²) in [6.45, 7) is 4.74. The quantitative estimate of drug-likeness (QED) is 0.928. The maximum absolute atomic E-state index is 12.9. The molecule has 0 spiro atoms. The van der Waals surface area contributed by atoms with Crippen LogP contribution in [0.25, 0.3) is 0 Å². The molecule has 2 rings (SSSR count). The Kier molecular flexibility index (Phi) is 3.94. The van der Waals surface area contributed by atoms with Gasteiger partial charge in [0.05, 0.1) is 0 Å². The Morgan fingerprint density at radius 3 is 2.40 bits per heavy atom. The van der Waals surface area contributed by atoms with E-state index in [2.05, 4.69) is 29.4 Å². The summed E-state index contributed by atoms with van der Waals surface area (Å²) in [4.78, 5) is 0. The van der Waals surface area contributed by atoms with E-state index in [1.165, 1.54) is 12.1 Å². The van der Waals surface area contributed by atoms with Crippen molar-refractivity contribution in [3.63, 3.8) is 0 Å². The first-order valence-corrected chi connectivity index (χ1v) is 6.25. The van der Waals surface area contributed by atoms with Crippen molar-refractivity contribution >= 4 is 5.82 Å². The van der Waals surface area contributed by atoms with Gasteiger partial charge in [-0.05, 0) is 29.8 Å². The van der Waals surface area contributed by atoms with Gasteiger partial charge in [-0.3, -0.25) is 0 Å². The van der Waals surface area contributed by atoms with Crippen LogP contribution in [0.4, 0.5) is 10.2 Å². The Morgan fingerprint density at radius 1 is 1.15 bits per heavy atom. The fraction of sp³-hybridized carbons (Fsp3) is 0.267. The number of anilines is 1. The largest absolute Gasteiger partial charge is 0.368 e. The van der Waals surface area contributed by atoms with Crippen molar-refractivity contribution < 1.29 is 4.39 Å². The maximum atomic E-state index is 12.9. The van der Waals surface area contributed by atoms with Crippen LogP contribution in [0.1, 0.15) is 25.1 Å². The molecule has 102 valence electrons. The van der Waals surface area contributed by atoms with Crippen LogP contribution in [-0.4, -0.2) is 16.7 Å². The molecule has 0 aliphatic carbocycles. The van der Waals surface area contributed by atoms with Crippen molar-refractivity contribution in [1.82, 2.24) is 10.2 Å². The number of rotatable bonds is 4. The van der Waals surface area contributed by atoms with E-state index < -0.39 is 0 Å². The van der Waals surface area contributed by atoms with Gasteiger partial charge < -0.3 is 5.32 Å². The first-order valence-electron chi connectivity index (χ1n) is 6.25. The van der Waals surface area contributed by atoms with Gasteiger partial charge in [-0.2, -0.15) is 5.26 Å². The van der Waals surface area contributed by atoms with Crippen molar-refractivity contribution in [2.45, 2.75) is 19.3 Å². The van der Waals surface area contributed by atoms with Gasteiger partial charge in [0.15, 0.2) is 5.69 Å². The lowest BCUT2D eigenvalue weighted by atomic mass is 9.84. The number of hydrogen-bond donors (Lipinski definition) is 1. The lowest BCUT2D eigenvalue weighted by Gasteiger charge is -2.25. The van der Waals surface area contributed by atoms with E-state index in [0.717, 1.165) is 5.56 Å². The molecule has 0 amide bonds. The summed E-state index contributed by atoms with van der Waals surface area (Å²) in [6, 6.07) is 11.7. The van der Waals surface area contributed by atoms with E-state index in [1.54, 1.807) is 24.3 Å². The van der Waals surface area contributed by atoms with Crippen molar-refractivity contribution in [3.8, 4) is 6.07 Å². The van der Waals surface area contributed by atoms with Gasteiger partial charge in [0, 0.05) is 12.0 Å². The normalized spacial score (nSPS) is 10.9. The molecule has 0 aliphatic heterocycles. The second-order valence-corrected chi connectivity index (χ2v) is 5.16. The van der Waals surface area contributed by atoms with E-state index >= 15 is 0 Å². The van der Waals surface area contributed by atoms with E-state index in [1.807, 2.05) is 6.07 Å². The zero-order valence-electron chi connectivity index (χ0n) is 11.4. The van der Waals surface area contributed by atoms with Crippen LogP contribution in [0.3, 0.4) is 0 Å². The van der Waals surface area contributed by atoms with Crippen LogP contribution in [0.2, 0.25) is 0 Å². The number of halogens is 1. The molecule has 1 aromatic heterocycles. The Balaban J connectivity index is 2.04. The van der Waals surface area contributed by atoms with Crippen molar-refractivity contribution in [3.05, 3.63) is 53.5 Å². The molecule has 0 fully saturated rings.